The Morgan fingerprint density at radius 3 is 1.05 bits per heavy atom. The zero-order valence-corrected chi connectivity index (χ0v) is 34.2. The first-order valence-electron chi connectivity index (χ1n) is 21.8. The van der Waals surface area contributed by atoms with Gasteiger partial charge in [0.15, 0.2) is 0 Å². The lowest BCUT2D eigenvalue weighted by Gasteiger charge is -2.16. The summed E-state index contributed by atoms with van der Waals surface area (Å²) in [6.07, 6.45) is 27.4. The van der Waals surface area contributed by atoms with Gasteiger partial charge in [0.25, 0.3) is 0 Å². The molecule has 0 radical (unpaired) electrons. The van der Waals surface area contributed by atoms with E-state index in [9.17, 15) is 10.2 Å². The van der Waals surface area contributed by atoms with Gasteiger partial charge in [0.1, 0.15) is 34.5 Å². The predicted molar refractivity (Wildman–Crippen MR) is 229 cm³/mol. The van der Waals surface area contributed by atoms with Gasteiger partial charge in [-0.05, 0) is 84.6 Å². The second-order valence-corrected chi connectivity index (χ2v) is 15.4. The van der Waals surface area contributed by atoms with Crippen LogP contribution in [0.2, 0.25) is 0 Å². The first-order chi connectivity index (χ1) is 27.0. The van der Waals surface area contributed by atoms with Crippen LogP contribution < -0.4 is 14.2 Å². The Labute approximate surface area is 333 Å². The molecule has 0 aromatic heterocycles. The molecule has 0 unspecified atom stereocenters. The van der Waals surface area contributed by atoms with E-state index in [0.29, 0.717) is 24.3 Å². The number of benzene rings is 4. The van der Waals surface area contributed by atoms with Crippen LogP contribution in [0.15, 0.2) is 84.9 Å². The molecule has 0 aliphatic rings. The number of hydrogen-bond acceptors (Lipinski definition) is 5. The van der Waals surface area contributed by atoms with E-state index in [1.807, 2.05) is 36.4 Å². The maximum Gasteiger partial charge on any atom is 0.131 e. The molecule has 0 saturated carbocycles. The summed E-state index contributed by atoms with van der Waals surface area (Å²) in [5, 5.41) is 20.8. The van der Waals surface area contributed by atoms with Crippen molar-refractivity contribution in [2.24, 2.45) is 0 Å². The lowest BCUT2D eigenvalue weighted by Crippen LogP contribution is -1.99. The van der Waals surface area contributed by atoms with Crippen LogP contribution in [-0.2, 0) is 12.8 Å². The van der Waals surface area contributed by atoms with E-state index in [4.69, 9.17) is 14.2 Å². The molecule has 5 heteroatoms. The van der Waals surface area contributed by atoms with Crippen molar-refractivity contribution in [1.82, 2.24) is 0 Å². The highest BCUT2D eigenvalue weighted by Crippen LogP contribution is 2.35. The van der Waals surface area contributed by atoms with Crippen molar-refractivity contribution >= 4 is 0 Å². The third-order valence-corrected chi connectivity index (χ3v) is 10.5. The third-order valence-electron chi connectivity index (χ3n) is 10.5. The van der Waals surface area contributed by atoms with Gasteiger partial charge in [-0.1, -0.05) is 154 Å². The van der Waals surface area contributed by atoms with E-state index in [2.05, 4.69) is 38.1 Å². The Hall–Kier alpha value is -4.12. The van der Waals surface area contributed by atoms with Gasteiger partial charge in [0, 0.05) is 24.0 Å². The summed E-state index contributed by atoms with van der Waals surface area (Å²) in [7, 11) is 0. The number of aromatic hydroxyl groups is 2. The predicted octanol–water partition coefficient (Wildman–Crippen LogP) is 14.7. The summed E-state index contributed by atoms with van der Waals surface area (Å²) in [6, 6.07) is 26.9. The van der Waals surface area contributed by atoms with E-state index in [1.54, 1.807) is 24.3 Å². The minimum Gasteiger partial charge on any atom is -0.508 e. The van der Waals surface area contributed by atoms with Gasteiger partial charge in [0.05, 0.1) is 13.2 Å². The average Bonchev–Trinajstić information content (AvgIpc) is 3.19. The van der Waals surface area contributed by atoms with Gasteiger partial charge >= 0.3 is 0 Å². The quantitative estimate of drug-likeness (QED) is 0.0520. The van der Waals surface area contributed by atoms with Gasteiger partial charge < -0.3 is 24.4 Å². The van der Waals surface area contributed by atoms with Crippen LogP contribution in [0.25, 0.3) is 0 Å². The standard InChI is InChI=1S/C50H70O5/c1-3-5-7-9-11-13-15-17-19-21-35-53-47-29-23-41(24-30-47)37-43-39-45(51)27-33-49(43)55-50-34-28-46(52)40-44(50)38-42-25-31-48(32-26-42)54-36-22-20-18-16-14-12-10-8-6-4-2/h23-34,39-40,51-52H,3-22,35-38H2,1-2H3. The maximum atomic E-state index is 10.4. The van der Waals surface area contributed by atoms with Gasteiger partial charge in [0.2, 0.25) is 0 Å². The average molecular weight is 751 g/mol. The smallest absolute Gasteiger partial charge is 0.131 e. The summed E-state index contributed by atoms with van der Waals surface area (Å²) in [6.45, 7) is 6.02. The Morgan fingerprint density at radius 1 is 0.382 bits per heavy atom. The SMILES string of the molecule is CCCCCCCCCCCCOc1ccc(Cc2cc(O)ccc2Oc2ccc(O)cc2Cc2ccc(OCCCCCCCCCCCC)cc2)cc1. The Kier molecular flexibility index (Phi) is 21.1. The zero-order chi connectivity index (χ0) is 38.8. The van der Waals surface area contributed by atoms with E-state index >= 15 is 0 Å². The fourth-order valence-corrected chi connectivity index (χ4v) is 7.13. The normalized spacial score (nSPS) is 11.2. The van der Waals surface area contributed by atoms with Crippen molar-refractivity contribution in [2.75, 3.05) is 13.2 Å². The molecular weight excluding hydrogens is 681 g/mol. The molecule has 0 bridgehead atoms. The molecule has 0 amide bonds. The highest BCUT2D eigenvalue weighted by Gasteiger charge is 2.13. The molecule has 4 aromatic carbocycles. The molecule has 5 nitrogen and oxygen atoms in total. The molecule has 0 aliphatic heterocycles. The molecular formula is C50H70O5. The topological polar surface area (TPSA) is 68.2 Å². The second kappa shape index (κ2) is 26.6. The number of phenols is 2. The van der Waals surface area contributed by atoms with Crippen LogP contribution in [0.1, 0.15) is 165 Å². The zero-order valence-electron chi connectivity index (χ0n) is 34.2. The van der Waals surface area contributed by atoms with E-state index in [-0.39, 0.29) is 11.5 Å². The van der Waals surface area contributed by atoms with Crippen molar-refractivity contribution in [2.45, 2.75) is 155 Å². The Bertz CT molecular complexity index is 1460. The molecule has 0 spiro atoms. The molecule has 2 N–H and O–H groups in total. The molecule has 0 heterocycles. The Morgan fingerprint density at radius 2 is 0.709 bits per heavy atom. The van der Waals surface area contributed by atoms with Crippen molar-refractivity contribution < 1.29 is 24.4 Å². The Balaban J connectivity index is 1.22. The minimum atomic E-state index is 0.195. The molecule has 0 fully saturated rings. The summed E-state index contributed by atoms with van der Waals surface area (Å²) in [5.74, 6) is 3.49. The fraction of sp³-hybridized carbons (Fsp3) is 0.520. The fourth-order valence-electron chi connectivity index (χ4n) is 7.13. The van der Waals surface area contributed by atoms with Crippen molar-refractivity contribution in [3.8, 4) is 34.5 Å². The maximum absolute atomic E-state index is 10.4. The summed E-state index contributed by atoms with van der Waals surface area (Å²) in [4.78, 5) is 0. The monoisotopic (exact) mass is 751 g/mol. The molecule has 0 atom stereocenters. The lowest BCUT2D eigenvalue weighted by molar-refractivity contribution is 0.304. The van der Waals surface area contributed by atoms with Crippen LogP contribution in [0.3, 0.4) is 0 Å². The highest BCUT2D eigenvalue weighted by molar-refractivity contribution is 5.49. The first-order valence-corrected chi connectivity index (χ1v) is 21.8. The molecule has 4 rings (SSSR count). The summed E-state index contributed by atoms with van der Waals surface area (Å²) in [5.41, 5.74) is 3.95. The van der Waals surface area contributed by atoms with Crippen LogP contribution in [-0.4, -0.2) is 23.4 Å². The molecule has 0 saturated heterocycles. The van der Waals surface area contributed by atoms with Crippen molar-refractivity contribution in [3.05, 3.63) is 107 Å². The van der Waals surface area contributed by atoms with Gasteiger partial charge in [-0.15, -0.1) is 0 Å². The lowest BCUT2D eigenvalue weighted by atomic mass is 10.0. The highest BCUT2D eigenvalue weighted by atomic mass is 16.5. The molecule has 55 heavy (non-hydrogen) atoms. The van der Waals surface area contributed by atoms with Crippen molar-refractivity contribution in [3.63, 3.8) is 0 Å². The second-order valence-electron chi connectivity index (χ2n) is 15.4. The van der Waals surface area contributed by atoms with Gasteiger partial charge in [-0.3, -0.25) is 0 Å². The molecule has 300 valence electrons. The van der Waals surface area contributed by atoms with E-state index in [0.717, 1.165) is 59.8 Å². The summed E-state index contributed by atoms with van der Waals surface area (Å²) >= 11 is 0. The van der Waals surface area contributed by atoms with Crippen LogP contribution in [0, 0.1) is 0 Å². The van der Waals surface area contributed by atoms with Crippen LogP contribution in [0.4, 0.5) is 0 Å². The molecule has 0 aliphatic carbocycles. The number of rotatable bonds is 30. The number of phenolic OH excluding ortho intramolecular Hbond substituents is 2. The molecule has 4 aromatic rings. The number of unbranched alkanes of at least 4 members (excludes halogenated alkanes) is 18. The number of hydrogen-bond donors (Lipinski definition) is 2. The van der Waals surface area contributed by atoms with E-state index in [1.165, 1.54) is 116 Å². The van der Waals surface area contributed by atoms with Crippen LogP contribution >= 0.6 is 0 Å². The van der Waals surface area contributed by atoms with Gasteiger partial charge in [-0.2, -0.15) is 0 Å². The largest absolute Gasteiger partial charge is 0.508 e. The first kappa shape index (κ1) is 43.6. The van der Waals surface area contributed by atoms with Crippen molar-refractivity contribution in [1.29, 1.82) is 0 Å². The minimum absolute atomic E-state index is 0.195. The van der Waals surface area contributed by atoms with Gasteiger partial charge in [-0.25, -0.2) is 0 Å². The number of ether oxygens (including phenoxy) is 3. The van der Waals surface area contributed by atoms with E-state index < -0.39 is 0 Å². The third kappa shape index (κ3) is 17.9. The van der Waals surface area contributed by atoms with Crippen LogP contribution in [0.5, 0.6) is 34.5 Å². The summed E-state index contributed by atoms with van der Waals surface area (Å²) < 4.78 is 18.6.